The molecule has 0 aliphatic heterocycles. The summed E-state index contributed by atoms with van der Waals surface area (Å²) < 4.78 is 0. The van der Waals surface area contributed by atoms with Crippen LogP contribution in [-0.4, -0.2) is 38.3 Å². The van der Waals surface area contributed by atoms with Crippen molar-refractivity contribution in [2.45, 2.75) is 73.9 Å². The van der Waals surface area contributed by atoms with Crippen molar-refractivity contribution in [2.24, 2.45) is 4.99 Å². The van der Waals surface area contributed by atoms with Crippen LogP contribution in [0, 0.1) is 10.1 Å². The third kappa shape index (κ3) is 6.25. The molecule has 0 saturated heterocycles. The molecule has 210 valence electrons. The Morgan fingerprint density at radius 2 is 1.90 bits per heavy atom. The van der Waals surface area contributed by atoms with Gasteiger partial charge in [-0.2, -0.15) is 0 Å². The summed E-state index contributed by atoms with van der Waals surface area (Å²) >= 11 is 2.70. The quantitative estimate of drug-likeness (QED) is 0.127. The largest absolute Gasteiger partial charge is 0.349 e. The maximum atomic E-state index is 13.4. The fraction of sp³-hybridized carbons (Fsp3) is 0.333. The van der Waals surface area contributed by atoms with Gasteiger partial charge in [0.25, 0.3) is 11.6 Å². The summed E-state index contributed by atoms with van der Waals surface area (Å²) in [5.74, 6) is 0.559. The molecule has 0 atom stereocenters. The predicted molar refractivity (Wildman–Crippen MR) is 162 cm³/mol. The minimum absolute atomic E-state index is 0.0393. The van der Waals surface area contributed by atoms with Crippen LogP contribution in [-0.2, 0) is 12.8 Å². The minimum atomic E-state index is -0.405. The second kappa shape index (κ2) is 12.4. The number of nitro benzene ring substituents is 1. The van der Waals surface area contributed by atoms with Crippen LogP contribution in [0.3, 0.4) is 0 Å². The topological polar surface area (TPSA) is 126 Å². The van der Waals surface area contributed by atoms with Gasteiger partial charge in [0.1, 0.15) is 5.00 Å². The fourth-order valence-electron chi connectivity index (χ4n) is 5.47. The van der Waals surface area contributed by atoms with Crippen LogP contribution >= 0.6 is 23.1 Å². The monoisotopic (exact) mass is 586 g/mol. The van der Waals surface area contributed by atoms with Gasteiger partial charge >= 0.3 is 0 Å². The lowest BCUT2D eigenvalue weighted by atomic mass is 9.93. The van der Waals surface area contributed by atoms with Crippen LogP contribution in [0.25, 0.3) is 11.4 Å². The van der Waals surface area contributed by atoms with Gasteiger partial charge in [-0.1, -0.05) is 55.7 Å². The molecule has 2 aliphatic rings. The molecule has 11 heteroatoms. The zero-order valence-electron chi connectivity index (χ0n) is 22.5. The third-order valence-electron chi connectivity index (χ3n) is 7.54. The first-order valence-corrected chi connectivity index (χ1v) is 15.6. The number of thiophene rings is 1. The molecule has 2 N–H and O–H groups in total. The minimum Gasteiger partial charge on any atom is -0.349 e. The highest BCUT2D eigenvalue weighted by atomic mass is 32.2. The Morgan fingerprint density at radius 1 is 1.10 bits per heavy atom. The number of H-pyrrole nitrogens is 1. The lowest BCUT2D eigenvalue weighted by molar-refractivity contribution is -0.387. The van der Waals surface area contributed by atoms with Crippen LogP contribution in [0.5, 0.6) is 0 Å². The van der Waals surface area contributed by atoms with Crippen LogP contribution < -0.4 is 5.32 Å². The Morgan fingerprint density at radius 3 is 2.71 bits per heavy atom. The van der Waals surface area contributed by atoms with E-state index in [-0.39, 0.29) is 17.6 Å². The van der Waals surface area contributed by atoms with Gasteiger partial charge in [0.15, 0.2) is 5.82 Å². The van der Waals surface area contributed by atoms with Gasteiger partial charge in [-0.05, 0) is 67.5 Å². The maximum Gasteiger partial charge on any atom is 0.283 e. The number of nitrogens with zero attached hydrogens (tertiary/aromatic N) is 4. The van der Waals surface area contributed by atoms with Crippen molar-refractivity contribution >= 4 is 45.9 Å². The number of carbonyl (C=O) groups excluding carboxylic acids is 1. The number of aromatic nitrogens is 3. The number of nitrogens with one attached hydrogen (secondary N) is 2. The second-order valence-corrected chi connectivity index (χ2v) is 12.5. The molecular weight excluding hydrogens is 557 g/mol. The Balaban J connectivity index is 1.24. The van der Waals surface area contributed by atoms with Gasteiger partial charge in [-0.15, -0.1) is 16.4 Å². The van der Waals surface area contributed by atoms with E-state index >= 15 is 0 Å². The molecule has 0 bridgehead atoms. The normalized spacial score (nSPS) is 15.6. The smallest absolute Gasteiger partial charge is 0.283 e. The Bertz CT molecular complexity index is 1590. The number of amides is 1. The molecule has 2 aromatic carbocycles. The molecule has 1 saturated carbocycles. The van der Waals surface area contributed by atoms with E-state index in [1.165, 1.54) is 17.4 Å². The summed E-state index contributed by atoms with van der Waals surface area (Å²) in [5.41, 5.74) is 3.24. The molecule has 0 unspecified atom stereocenters. The van der Waals surface area contributed by atoms with E-state index in [1.807, 2.05) is 30.3 Å². The molecule has 41 heavy (non-hydrogen) atoms. The van der Waals surface area contributed by atoms with Crippen LogP contribution in [0.15, 0.2) is 63.6 Å². The summed E-state index contributed by atoms with van der Waals surface area (Å²) in [7, 11) is 0. The molecule has 6 rings (SSSR count). The average molecular weight is 587 g/mol. The van der Waals surface area contributed by atoms with Gasteiger partial charge in [-0.25, -0.2) is 9.98 Å². The van der Waals surface area contributed by atoms with E-state index in [4.69, 9.17) is 4.99 Å². The van der Waals surface area contributed by atoms with Crippen LogP contribution in [0.2, 0.25) is 0 Å². The molecule has 2 aromatic heterocycles. The summed E-state index contributed by atoms with van der Waals surface area (Å²) in [4.78, 5) is 35.9. The number of aromatic amines is 1. The number of hydrogen-bond donors (Lipinski definition) is 2. The van der Waals surface area contributed by atoms with Crippen LogP contribution in [0.1, 0.15) is 71.3 Å². The van der Waals surface area contributed by atoms with E-state index in [0.29, 0.717) is 32.0 Å². The summed E-state index contributed by atoms with van der Waals surface area (Å²) in [6, 6.07) is 14.8. The van der Waals surface area contributed by atoms with Gasteiger partial charge < -0.3 is 5.32 Å². The van der Waals surface area contributed by atoms with Crippen molar-refractivity contribution < 1.29 is 9.72 Å². The molecule has 2 aliphatic carbocycles. The number of aryl methyl sites for hydroxylation is 1. The zero-order valence-corrected chi connectivity index (χ0v) is 24.1. The van der Waals surface area contributed by atoms with Crippen molar-refractivity contribution in [2.75, 3.05) is 0 Å². The van der Waals surface area contributed by atoms with Gasteiger partial charge in [0.2, 0.25) is 5.16 Å². The highest BCUT2D eigenvalue weighted by Gasteiger charge is 2.27. The summed E-state index contributed by atoms with van der Waals surface area (Å²) in [6.45, 7) is 0. The van der Waals surface area contributed by atoms with Gasteiger partial charge in [-0.3, -0.25) is 20.0 Å². The number of rotatable bonds is 8. The Labute approximate surface area is 246 Å². The first kappa shape index (κ1) is 27.3. The molecule has 0 spiro atoms. The van der Waals surface area contributed by atoms with Crippen molar-refractivity contribution in [3.63, 3.8) is 0 Å². The highest BCUT2D eigenvalue weighted by molar-refractivity contribution is 7.99. The van der Waals surface area contributed by atoms with E-state index in [1.54, 1.807) is 29.7 Å². The number of benzene rings is 2. The van der Waals surface area contributed by atoms with E-state index in [9.17, 15) is 14.9 Å². The van der Waals surface area contributed by atoms with E-state index in [0.717, 1.165) is 74.3 Å². The van der Waals surface area contributed by atoms with E-state index in [2.05, 4.69) is 20.5 Å². The SMILES string of the molecule is O=C(NC1CCCCC1)c1c(N=Cc2ccc(Sc3n[nH]c(-c4ccccc4)n3)c([N+](=O)[O-])c2)sc2c1CCCC2. The van der Waals surface area contributed by atoms with E-state index < -0.39 is 4.92 Å². The first-order chi connectivity index (χ1) is 20.0. The van der Waals surface area contributed by atoms with Crippen molar-refractivity contribution in [1.82, 2.24) is 20.5 Å². The van der Waals surface area contributed by atoms with Crippen LogP contribution in [0.4, 0.5) is 10.7 Å². The lowest BCUT2D eigenvalue weighted by Crippen LogP contribution is -2.36. The maximum absolute atomic E-state index is 13.4. The number of aliphatic imine (C=N–C) groups is 1. The average Bonchev–Trinajstić information content (AvgIpc) is 3.62. The van der Waals surface area contributed by atoms with Gasteiger partial charge in [0, 0.05) is 28.8 Å². The predicted octanol–water partition coefficient (Wildman–Crippen LogP) is 7.28. The van der Waals surface area contributed by atoms with Crippen molar-refractivity contribution in [3.05, 3.63) is 80.2 Å². The molecular formula is C30H30N6O3S2. The second-order valence-electron chi connectivity index (χ2n) is 10.4. The lowest BCUT2D eigenvalue weighted by Gasteiger charge is -2.23. The fourth-order valence-corrected chi connectivity index (χ4v) is 7.50. The standard InChI is InChI=1S/C30H30N6O3S2/c37-28(32-21-11-5-2-6-12-21)26-22-13-7-8-14-24(22)40-29(26)31-18-19-15-16-25(23(17-19)36(38)39)41-30-33-27(34-35-30)20-9-3-1-4-10-20/h1,3-4,9-10,15-18,21H,2,5-8,11-14H2,(H,32,37)(H,33,34,35). The molecule has 0 radical (unpaired) electrons. The highest BCUT2D eigenvalue weighted by Crippen LogP contribution is 2.40. The first-order valence-electron chi connectivity index (χ1n) is 14.0. The number of fused-ring (bicyclic) bond motifs is 1. The Hall–Kier alpha value is -3.83. The molecule has 1 amide bonds. The molecule has 1 fully saturated rings. The number of nitro groups is 1. The number of carbonyl (C=O) groups is 1. The van der Waals surface area contributed by atoms with Crippen molar-refractivity contribution in [3.8, 4) is 11.4 Å². The van der Waals surface area contributed by atoms with Crippen molar-refractivity contribution in [1.29, 1.82) is 0 Å². The summed E-state index contributed by atoms with van der Waals surface area (Å²) in [5, 5.41) is 23.4. The van der Waals surface area contributed by atoms with Gasteiger partial charge in [0.05, 0.1) is 15.4 Å². The zero-order chi connectivity index (χ0) is 28.2. The summed E-state index contributed by atoms with van der Waals surface area (Å²) in [6.07, 6.45) is 11.2. The number of hydrogen-bond acceptors (Lipinski definition) is 8. The molecule has 9 nitrogen and oxygen atoms in total. The molecule has 4 aromatic rings. The Kier molecular flexibility index (Phi) is 8.24. The molecule has 2 heterocycles. The third-order valence-corrected chi connectivity index (χ3v) is 9.67.